The molecule has 0 saturated carbocycles. The number of carbonyl (C=O) groups is 1. The highest BCUT2D eigenvalue weighted by Gasteiger charge is 2.25. The van der Waals surface area contributed by atoms with Crippen molar-refractivity contribution in [1.29, 1.82) is 0 Å². The zero-order chi connectivity index (χ0) is 15.1. The van der Waals surface area contributed by atoms with Gasteiger partial charge in [-0.2, -0.15) is 0 Å². The van der Waals surface area contributed by atoms with Gasteiger partial charge in [0.1, 0.15) is 0 Å². The third kappa shape index (κ3) is 5.14. The molecule has 1 aromatic rings. The lowest BCUT2D eigenvalue weighted by Gasteiger charge is -2.37. The molecular formula is C17H26N2O2. The zero-order valence-electron chi connectivity index (χ0n) is 12.9. The Balaban J connectivity index is 1.93. The number of carboxylic acids is 1. The van der Waals surface area contributed by atoms with Gasteiger partial charge in [-0.25, -0.2) is 0 Å². The molecule has 0 aromatic heterocycles. The summed E-state index contributed by atoms with van der Waals surface area (Å²) in [5.74, 6) is -0.715. The maximum absolute atomic E-state index is 11.0. The van der Waals surface area contributed by atoms with E-state index < -0.39 is 5.97 Å². The topological polar surface area (TPSA) is 43.8 Å². The first kappa shape index (κ1) is 16.0. The van der Waals surface area contributed by atoms with Crippen LogP contribution < -0.4 is 0 Å². The van der Waals surface area contributed by atoms with Crippen molar-refractivity contribution in [2.75, 3.05) is 26.2 Å². The van der Waals surface area contributed by atoms with E-state index >= 15 is 0 Å². The third-order valence-electron chi connectivity index (χ3n) is 4.25. The average molecular weight is 290 g/mol. The van der Waals surface area contributed by atoms with Crippen molar-refractivity contribution in [2.45, 2.75) is 38.8 Å². The van der Waals surface area contributed by atoms with Crippen LogP contribution in [0, 0.1) is 0 Å². The van der Waals surface area contributed by atoms with Crippen LogP contribution in [0.15, 0.2) is 30.3 Å². The molecule has 1 aromatic carbocycles. The first-order chi connectivity index (χ1) is 10.2. The van der Waals surface area contributed by atoms with Crippen LogP contribution >= 0.6 is 0 Å². The first-order valence-electron chi connectivity index (χ1n) is 7.91. The van der Waals surface area contributed by atoms with Gasteiger partial charge in [0.2, 0.25) is 0 Å². The van der Waals surface area contributed by atoms with Gasteiger partial charge in [-0.15, -0.1) is 0 Å². The Morgan fingerprint density at radius 1 is 1.33 bits per heavy atom. The van der Waals surface area contributed by atoms with E-state index in [1.165, 1.54) is 12.0 Å². The van der Waals surface area contributed by atoms with E-state index in [2.05, 4.69) is 41.0 Å². The Morgan fingerprint density at radius 2 is 2.10 bits per heavy atom. The van der Waals surface area contributed by atoms with Gasteiger partial charge in [0.05, 0.1) is 6.54 Å². The molecule has 0 radical (unpaired) electrons. The predicted octanol–water partition coefficient (Wildman–Crippen LogP) is 2.45. The van der Waals surface area contributed by atoms with Crippen molar-refractivity contribution in [3.63, 3.8) is 0 Å². The molecule has 116 valence electrons. The molecule has 0 aliphatic carbocycles. The molecule has 2 rings (SSSR count). The third-order valence-corrected chi connectivity index (χ3v) is 4.25. The molecule has 0 spiro atoms. The summed E-state index contributed by atoms with van der Waals surface area (Å²) < 4.78 is 0. The number of rotatable bonds is 7. The van der Waals surface area contributed by atoms with E-state index in [0.29, 0.717) is 6.04 Å². The van der Waals surface area contributed by atoms with Crippen LogP contribution in [0.3, 0.4) is 0 Å². The van der Waals surface area contributed by atoms with Crippen molar-refractivity contribution in [2.24, 2.45) is 0 Å². The maximum Gasteiger partial charge on any atom is 0.317 e. The fraction of sp³-hybridized carbons (Fsp3) is 0.588. The van der Waals surface area contributed by atoms with E-state index in [1.54, 1.807) is 0 Å². The normalized spacial score (nSPS) is 19.8. The molecule has 4 heteroatoms. The second-order valence-corrected chi connectivity index (χ2v) is 5.83. The van der Waals surface area contributed by atoms with Crippen molar-refractivity contribution < 1.29 is 9.90 Å². The quantitative estimate of drug-likeness (QED) is 0.838. The summed E-state index contributed by atoms with van der Waals surface area (Å²) >= 11 is 0. The van der Waals surface area contributed by atoms with Crippen molar-refractivity contribution >= 4 is 5.97 Å². The van der Waals surface area contributed by atoms with Crippen molar-refractivity contribution in [3.05, 3.63) is 35.9 Å². The maximum atomic E-state index is 11.0. The molecule has 1 unspecified atom stereocenters. The van der Waals surface area contributed by atoms with Crippen LogP contribution in [0.1, 0.15) is 31.7 Å². The average Bonchev–Trinajstić information content (AvgIpc) is 2.49. The minimum atomic E-state index is -0.715. The molecule has 1 saturated heterocycles. The monoisotopic (exact) mass is 290 g/mol. The number of hydrogen-bond donors (Lipinski definition) is 1. The number of benzene rings is 1. The predicted molar refractivity (Wildman–Crippen MR) is 84.2 cm³/mol. The number of likely N-dealkylation sites (tertiary alicyclic amines) is 1. The van der Waals surface area contributed by atoms with E-state index in [4.69, 9.17) is 5.11 Å². The van der Waals surface area contributed by atoms with Crippen molar-refractivity contribution in [3.8, 4) is 0 Å². The summed E-state index contributed by atoms with van der Waals surface area (Å²) in [5, 5.41) is 9.05. The summed E-state index contributed by atoms with van der Waals surface area (Å²) in [7, 11) is 0. The standard InChI is InChI=1S/C17H26N2O2/c1-2-18(12-15-8-4-3-5-9-15)13-16-10-6-7-11-19(16)14-17(20)21/h3-5,8-9,16H,2,6-7,10-14H2,1H3,(H,20,21). The Labute approximate surface area is 127 Å². The molecule has 0 bridgehead atoms. The van der Waals surface area contributed by atoms with Crippen LogP contribution in [0.5, 0.6) is 0 Å². The fourth-order valence-corrected chi connectivity index (χ4v) is 3.09. The molecule has 1 aliphatic heterocycles. The second-order valence-electron chi connectivity index (χ2n) is 5.83. The Kier molecular flexibility index (Phi) is 6.21. The zero-order valence-corrected chi connectivity index (χ0v) is 12.9. The highest BCUT2D eigenvalue weighted by atomic mass is 16.4. The van der Waals surface area contributed by atoms with Crippen LogP contribution in [-0.2, 0) is 11.3 Å². The van der Waals surface area contributed by atoms with Crippen molar-refractivity contribution in [1.82, 2.24) is 9.80 Å². The largest absolute Gasteiger partial charge is 0.480 e. The van der Waals surface area contributed by atoms with E-state index in [1.807, 2.05) is 6.07 Å². The lowest BCUT2D eigenvalue weighted by atomic mass is 10.0. The fourth-order valence-electron chi connectivity index (χ4n) is 3.09. The van der Waals surface area contributed by atoms with Gasteiger partial charge in [0, 0.05) is 19.1 Å². The van der Waals surface area contributed by atoms with Crippen LogP contribution in [-0.4, -0.2) is 53.1 Å². The Bertz CT molecular complexity index is 436. The number of hydrogen-bond acceptors (Lipinski definition) is 3. The summed E-state index contributed by atoms with van der Waals surface area (Å²) in [6.45, 7) is 6.15. The number of aliphatic carboxylic acids is 1. The Hall–Kier alpha value is -1.39. The summed E-state index contributed by atoms with van der Waals surface area (Å²) in [5.41, 5.74) is 1.32. The summed E-state index contributed by atoms with van der Waals surface area (Å²) in [4.78, 5) is 15.6. The Morgan fingerprint density at radius 3 is 2.76 bits per heavy atom. The second kappa shape index (κ2) is 8.15. The lowest BCUT2D eigenvalue weighted by molar-refractivity contribution is -0.139. The SMILES string of the molecule is CCN(Cc1ccccc1)CC1CCCCN1CC(=O)O. The van der Waals surface area contributed by atoms with Gasteiger partial charge in [-0.1, -0.05) is 43.7 Å². The van der Waals surface area contributed by atoms with Gasteiger partial charge >= 0.3 is 5.97 Å². The minimum Gasteiger partial charge on any atom is -0.480 e. The summed E-state index contributed by atoms with van der Waals surface area (Å²) in [6.07, 6.45) is 3.44. The number of piperidine rings is 1. The van der Waals surface area contributed by atoms with Crippen LogP contribution in [0.2, 0.25) is 0 Å². The molecule has 1 heterocycles. The van der Waals surface area contributed by atoms with Gasteiger partial charge in [-0.05, 0) is 31.5 Å². The smallest absolute Gasteiger partial charge is 0.317 e. The highest BCUT2D eigenvalue weighted by molar-refractivity contribution is 5.69. The molecular weight excluding hydrogens is 264 g/mol. The van der Waals surface area contributed by atoms with E-state index in [9.17, 15) is 4.79 Å². The minimum absolute atomic E-state index is 0.174. The molecule has 4 nitrogen and oxygen atoms in total. The number of likely N-dealkylation sites (N-methyl/N-ethyl adjacent to an activating group) is 1. The molecule has 0 amide bonds. The van der Waals surface area contributed by atoms with E-state index in [-0.39, 0.29) is 6.54 Å². The molecule has 1 aliphatic rings. The van der Waals surface area contributed by atoms with Gasteiger partial charge in [0.25, 0.3) is 0 Å². The van der Waals surface area contributed by atoms with Gasteiger partial charge < -0.3 is 5.11 Å². The molecule has 1 fully saturated rings. The lowest BCUT2D eigenvalue weighted by Crippen LogP contribution is -2.48. The first-order valence-corrected chi connectivity index (χ1v) is 7.91. The van der Waals surface area contributed by atoms with Gasteiger partial charge in [-0.3, -0.25) is 14.6 Å². The summed E-state index contributed by atoms with van der Waals surface area (Å²) in [6, 6.07) is 10.9. The highest BCUT2D eigenvalue weighted by Crippen LogP contribution is 2.18. The number of nitrogens with zero attached hydrogens (tertiary/aromatic N) is 2. The van der Waals surface area contributed by atoms with Crippen LogP contribution in [0.4, 0.5) is 0 Å². The molecule has 1 N–H and O–H groups in total. The molecule has 21 heavy (non-hydrogen) atoms. The number of carboxylic acid groups (broad SMARTS) is 1. The van der Waals surface area contributed by atoms with Crippen LogP contribution in [0.25, 0.3) is 0 Å². The van der Waals surface area contributed by atoms with Gasteiger partial charge in [0.15, 0.2) is 0 Å². The van der Waals surface area contributed by atoms with E-state index in [0.717, 1.165) is 39.0 Å². The molecule has 1 atom stereocenters.